The molecule has 0 radical (unpaired) electrons. The normalized spacial score (nSPS) is 25.9. The molecule has 4 heteroatoms. The Labute approximate surface area is 119 Å². The maximum Gasteiger partial charge on any atom is 0.228 e. The number of benzene rings is 1. The lowest BCUT2D eigenvalue weighted by Gasteiger charge is -2.39. The number of carbonyl (C=O) groups is 1. The highest BCUT2D eigenvalue weighted by Crippen LogP contribution is 2.39. The second-order valence-electron chi connectivity index (χ2n) is 6.00. The molecule has 0 saturated carbocycles. The maximum atomic E-state index is 12.3. The summed E-state index contributed by atoms with van der Waals surface area (Å²) in [7, 11) is 0. The van der Waals surface area contributed by atoms with Gasteiger partial charge in [-0.05, 0) is 24.8 Å². The number of aliphatic hydroxyl groups is 1. The van der Waals surface area contributed by atoms with Crippen LogP contribution in [0.4, 0.5) is 0 Å². The van der Waals surface area contributed by atoms with Gasteiger partial charge in [-0.2, -0.15) is 0 Å². The molecule has 0 bridgehead atoms. The van der Waals surface area contributed by atoms with Crippen LogP contribution in [0.25, 0.3) is 0 Å². The molecule has 20 heavy (non-hydrogen) atoms. The molecular weight excluding hydrogens is 252 g/mol. The highest BCUT2D eigenvalue weighted by Gasteiger charge is 2.45. The number of carbonyl (C=O) groups excluding carboxylic acids is 1. The van der Waals surface area contributed by atoms with E-state index < -0.39 is 0 Å². The first kappa shape index (κ1) is 13.6. The Balaban J connectivity index is 1.68. The number of rotatable bonds is 3. The van der Waals surface area contributed by atoms with Crippen molar-refractivity contribution in [2.75, 3.05) is 26.2 Å². The molecule has 2 saturated heterocycles. The molecule has 2 N–H and O–H groups in total. The van der Waals surface area contributed by atoms with Crippen LogP contribution >= 0.6 is 0 Å². The van der Waals surface area contributed by atoms with E-state index in [0.29, 0.717) is 0 Å². The van der Waals surface area contributed by atoms with Crippen molar-refractivity contribution in [2.24, 2.45) is 0 Å². The zero-order chi connectivity index (χ0) is 14.0. The Morgan fingerprint density at radius 2 is 1.95 bits per heavy atom. The first-order valence-electron chi connectivity index (χ1n) is 7.43. The average Bonchev–Trinajstić information content (AvgIpc) is 2.80. The second kappa shape index (κ2) is 5.54. The summed E-state index contributed by atoms with van der Waals surface area (Å²) in [6, 6.07) is 10.1. The monoisotopic (exact) mass is 274 g/mol. The lowest BCUT2D eigenvalue weighted by Crippen LogP contribution is -2.51. The summed E-state index contributed by atoms with van der Waals surface area (Å²) in [4.78, 5) is 14.6. The Kier molecular flexibility index (Phi) is 3.76. The predicted octanol–water partition coefficient (Wildman–Crippen LogP) is 1.12. The minimum atomic E-state index is -0.0243. The number of piperidine rings is 1. The minimum absolute atomic E-state index is 0.000548. The molecule has 0 aliphatic carbocycles. The van der Waals surface area contributed by atoms with Crippen molar-refractivity contribution in [3.63, 3.8) is 0 Å². The van der Waals surface area contributed by atoms with E-state index in [1.54, 1.807) is 0 Å². The SMILES string of the molecule is O=C1NC2(CCN(CCO)CC2)C[C@H]1c1ccccc1. The predicted molar refractivity (Wildman–Crippen MR) is 77.4 cm³/mol. The van der Waals surface area contributed by atoms with Gasteiger partial charge in [-0.1, -0.05) is 30.3 Å². The van der Waals surface area contributed by atoms with Gasteiger partial charge < -0.3 is 15.3 Å². The first-order valence-corrected chi connectivity index (χ1v) is 7.43. The number of aliphatic hydroxyl groups excluding tert-OH is 1. The fourth-order valence-electron chi connectivity index (χ4n) is 3.51. The fourth-order valence-corrected chi connectivity index (χ4v) is 3.51. The first-order chi connectivity index (χ1) is 9.72. The Morgan fingerprint density at radius 3 is 2.60 bits per heavy atom. The number of hydrogen-bond donors (Lipinski definition) is 2. The van der Waals surface area contributed by atoms with Crippen molar-refractivity contribution >= 4 is 5.91 Å². The van der Waals surface area contributed by atoms with Gasteiger partial charge in [-0.15, -0.1) is 0 Å². The molecule has 0 unspecified atom stereocenters. The van der Waals surface area contributed by atoms with Crippen LogP contribution < -0.4 is 5.32 Å². The summed E-state index contributed by atoms with van der Waals surface area (Å²) in [5.74, 6) is 0.174. The third-order valence-electron chi connectivity index (χ3n) is 4.73. The van der Waals surface area contributed by atoms with E-state index in [1.807, 2.05) is 30.3 Å². The summed E-state index contributed by atoms with van der Waals surface area (Å²) >= 11 is 0. The minimum Gasteiger partial charge on any atom is -0.395 e. The van der Waals surface area contributed by atoms with E-state index in [4.69, 9.17) is 5.11 Å². The van der Waals surface area contributed by atoms with Gasteiger partial charge in [0.25, 0.3) is 0 Å². The van der Waals surface area contributed by atoms with Crippen LogP contribution in [0.15, 0.2) is 30.3 Å². The zero-order valence-electron chi connectivity index (χ0n) is 11.7. The standard InChI is InChI=1S/C16H22N2O2/c19-11-10-18-8-6-16(7-9-18)12-14(15(20)17-16)13-4-2-1-3-5-13/h1-5,14,19H,6-12H2,(H,17,20)/t14-/m0/s1. The van der Waals surface area contributed by atoms with Crippen LogP contribution in [-0.2, 0) is 4.79 Å². The van der Waals surface area contributed by atoms with E-state index in [9.17, 15) is 4.79 Å². The van der Waals surface area contributed by atoms with Gasteiger partial charge in [-0.3, -0.25) is 4.79 Å². The van der Waals surface area contributed by atoms with Crippen LogP contribution in [0.2, 0.25) is 0 Å². The molecule has 2 fully saturated rings. The van der Waals surface area contributed by atoms with E-state index in [-0.39, 0.29) is 24.0 Å². The molecule has 1 aromatic rings. The maximum absolute atomic E-state index is 12.3. The van der Waals surface area contributed by atoms with Gasteiger partial charge >= 0.3 is 0 Å². The third kappa shape index (κ3) is 2.58. The summed E-state index contributed by atoms with van der Waals surface area (Å²) in [6.45, 7) is 2.88. The number of hydrogen-bond acceptors (Lipinski definition) is 3. The fraction of sp³-hybridized carbons (Fsp3) is 0.562. The van der Waals surface area contributed by atoms with Gasteiger partial charge in [0, 0.05) is 25.2 Å². The molecule has 1 atom stereocenters. The number of nitrogens with one attached hydrogen (secondary N) is 1. The van der Waals surface area contributed by atoms with E-state index in [1.165, 1.54) is 0 Å². The molecule has 1 spiro atoms. The third-order valence-corrected chi connectivity index (χ3v) is 4.73. The van der Waals surface area contributed by atoms with E-state index >= 15 is 0 Å². The van der Waals surface area contributed by atoms with Gasteiger partial charge in [0.2, 0.25) is 5.91 Å². The summed E-state index contributed by atoms with van der Waals surface area (Å²) in [5.41, 5.74) is 1.10. The number of β-amino-alcohol motifs (C(OH)–C–C–N with tert-alkyl or cyclic N) is 1. The second-order valence-corrected chi connectivity index (χ2v) is 6.00. The van der Waals surface area contributed by atoms with Crippen molar-refractivity contribution < 1.29 is 9.90 Å². The summed E-state index contributed by atoms with van der Waals surface area (Å²) in [5, 5.41) is 12.2. The lowest BCUT2D eigenvalue weighted by atomic mass is 9.82. The van der Waals surface area contributed by atoms with Crippen molar-refractivity contribution in [3.05, 3.63) is 35.9 Å². The molecule has 108 valence electrons. The largest absolute Gasteiger partial charge is 0.395 e. The smallest absolute Gasteiger partial charge is 0.228 e. The highest BCUT2D eigenvalue weighted by molar-refractivity contribution is 5.87. The van der Waals surface area contributed by atoms with Crippen LogP contribution in [0, 0.1) is 0 Å². The van der Waals surface area contributed by atoms with Gasteiger partial charge in [0.1, 0.15) is 0 Å². The molecular formula is C16H22N2O2. The molecule has 1 aromatic carbocycles. The summed E-state index contributed by atoms with van der Waals surface area (Å²) in [6.07, 6.45) is 2.88. The molecule has 1 amide bonds. The van der Waals surface area contributed by atoms with Crippen LogP contribution in [0.1, 0.15) is 30.7 Å². The Bertz CT molecular complexity index is 467. The van der Waals surface area contributed by atoms with Gasteiger partial charge in [0.15, 0.2) is 0 Å². The van der Waals surface area contributed by atoms with Crippen molar-refractivity contribution in [1.82, 2.24) is 10.2 Å². The average molecular weight is 274 g/mol. The lowest BCUT2D eigenvalue weighted by molar-refractivity contribution is -0.121. The Morgan fingerprint density at radius 1 is 1.25 bits per heavy atom. The number of nitrogens with zero attached hydrogens (tertiary/aromatic N) is 1. The molecule has 2 aliphatic heterocycles. The molecule has 2 aliphatic rings. The number of amides is 1. The van der Waals surface area contributed by atoms with E-state index in [2.05, 4.69) is 10.2 Å². The molecule has 3 rings (SSSR count). The van der Waals surface area contributed by atoms with Crippen LogP contribution in [-0.4, -0.2) is 47.7 Å². The van der Waals surface area contributed by atoms with E-state index in [0.717, 1.165) is 44.5 Å². The Hall–Kier alpha value is -1.39. The molecule has 0 aromatic heterocycles. The molecule has 2 heterocycles. The quantitative estimate of drug-likeness (QED) is 0.868. The van der Waals surface area contributed by atoms with Crippen molar-refractivity contribution in [2.45, 2.75) is 30.7 Å². The zero-order valence-corrected chi connectivity index (χ0v) is 11.7. The summed E-state index contributed by atoms with van der Waals surface area (Å²) < 4.78 is 0. The highest BCUT2D eigenvalue weighted by atomic mass is 16.3. The van der Waals surface area contributed by atoms with Gasteiger partial charge in [0.05, 0.1) is 12.5 Å². The molecule has 4 nitrogen and oxygen atoms in total. The van der Waals surface area contributed by atoms with Gasteiger partial charge in [-0.25, -0.2) is 0 Å². The van der Waals surface area contributed by atoms with Crippen molar-refractivity contribution in [3.8, 4) is 0 Å². The van der Waals surface area contributed by atoms with Crippen molar-refractivity contribution in [1.29, 1.82) is 0 Å². The van der Waals surface area contributed by atoms with Crippen LogP contribution in [0.5, 0.6) is 0 Å². The number of likely N-dealkylation sites (tertiary alicyclic amines) is 1. The topological polar surface area (TPSA) is 52.6 Å². The van der Waals surface area contributed by atoms with Crippen LogP contribution in [0.3, 0.4) is 0 Å².